The zero-order chi connectivity index (χ0) is 24.0. The molecule has 0 saturated heterocycles. The maximum atomic E-state index is 14.0. The predicted octanol–water partition coefficient (Wildman–Crippen LogP) is 4.93. The number of aryl methyl sites for hydroxylation is 2. The number of pyridine rings is 1. The SMILES string of the molecule is COc1nc(-c2nc3n(n2)CCCC3c2cc(F)ccc2C(F)(F)F)ccc1-n1cnc(C)c1. The molecule has 3 aromatic heterocycles. The van der Waals surface area contributed by atoms with E-state index in [2.05, 4.69) is 20.1 Å². The van der Waals surface area contributed by atoms with E-state index in [-0.39, 0.29) is 11.4 Å². The quantitative estimate of drug-likeness (QED) is 0.394. The number of imidazole rings is 1. The lowest BCUT2D eigenvalue weighted by Gasteiger charge is -2.25. The first kappa shape index (κ1) is 22.1. The molecule has 11 heteroatoms. The predicted molar refractivity (Wildman–Crippen MR) is 114 cm³/mol. The van der Waals surface area contributed by atoms with Crippen molar-refractivity contribution >= 4 is 0 Å². The van der Waals surface area contributed by atoms with E-state index in [9.17, 15) is 17.6 Å². The molecular formula is C23H20F4N6O. The highest BCUT2D eigenvalue weighted by atomic mass is 19.4. The molecule has 0 aliphatic carbocycles. The van der Waals surface area contributed by atoms with E-state index in [0.29, 0.717) is 42.5 Å². The Balaban J connectivity index is 1.56. The van der Waals surface area contributed by atoms with Crippen LogP contribution < -0.4 is 4.74 Å². The molecule has 176 valence electrons. The molecule has 4 aromatic rings. The molecule has 0 saturated carbocycles. The number of hydrogen-bond acceptors (Lipinski definition) is 5. The number of aromatic nitrogens is 6. The fourth-order valence-corrected chi connectivity index (χ4v) is 4.29. The highest BCUT2D eigenvalue weighted by molar-refractivity contribution is 5.55. The van der Waals surface area contributed by atoms with Crippen molar-refractivity contribution in [1.82, 2.24) is 29.3 Å². The van der Waals surface area contributed by atoms with Gasteiger partial charge >= 0.3 is 6.18 Å². The molecule has 0 N–H and O–H groups in total. The Morgan fingerprint density at radius 3 is 2.65 bits per heavy atom. The molecule has 0 bridgehead atoms. The van der Waals surface area contributed by atoms with E-state index in [4.69, 9.17) is 4.74 Å². The average molecular weight is 472 g/mol. The topological polar surface area (TPSA) is 70.7 Å². The second-order valence-corrected chi connectivity index (χ2v) is 8.09. The normalized spacial score (nSPS) is 15.9. The summed E-state index contributed by atoms with van der Waals surface area (Å²) >= 11 is 0. The van der Waals surface area contributed by atoms with Crippen LogP contribution in [0.1, 0.15) is 41.4 Å². The summed E-state index contributed by atoms with van der Waals surface area (Å²) in [4.78, 5) is 13.3. The van der Waals surface area contributed by atoms with E-state index in [1.807, 2.05) is 13.1 Å². The second-order valence-electron chi connectivity index (χ2n) is 8.09. The fraction of sp³-hybridized carbons (Fsp3) is 0.304. The van der Waals surface area contributed by atoms with Crippen LogP contribution in [0, 0.1) is 12.7 Å². The van der Waals surface area contributed by atoms with Gasteiger partial charge in [0.2, 0.25) is 5.88 Å². The molecule has 1 aliphatic rings. The number of fused-ring (bicyclic) bond motifs is 1. The van der Waals surface area contributed by atoms with E-state index in [1.165, 1.54) is 7.11 Å². The fourth-order valence-electron chi connectivity index (χ4n) is 4.29. The van der Waals surface area contributed by atoms with Gasteiger partial charge in [-0.25, -0.2) is 24.0 Å². The minimum Gasteiger partial charge on any atom is -0.479 e. The van der Waals surface area contributed by atoms with Crippen molar-refractivity contribution in [2.75, 3.05) is 7.11 Å². The first-order valence-corrected chi connectivity index (χ1v) is 10.6. The molecule has 7 nitrogen and oxygen atoms in total. The molecule has 1 unspecified atom stereocenters. The molecule has 1 aromatic carbocycles. The second kappa shape index (κ2) is 8.23. The number of alkyl halides is 3. The van der Waals surface area contributed by atoms with Gasteiger partial charge in [0, 0.05) is 18.7 Å². The van der Waals surface area contributed by atoms with E-state index >= 15 is 0 Å². The van der Waals surface area contributed by atoms with Gasteiger partial charge in [-0.1, -0.05) is 0 Å². The third-order valence-electron chi connectivity index (χ3n) is 5.82. The summed E-state index contributed by atoms with van der Waals surface area (Å²) < 4.78 is 63.7. The molecule has 0 amide bonds. The zero-order valence-corrected chi connectivity index (χ0v) is 18.3. The summed E-state index contributed by atoms with van der Waals surface area (Å²) in [5.41, 5.74) is 0.910. The van der Waals surface area contributed by atoms with Gasteiger partial charge < -0.3 is 9.30 Å². The number of methoxy groups -OCH3 is 1. The molecule has 1 aliphatic heterocycles. The standard InChI is InChI=1S/C23H20F4N6O/c1-13-11-32(12-28-13)19-8-7-18(29-22(19)34-2)20-30-21-15(4-3-9-33(21)31-20)16-10-14(24)5-6-17(16)23(25,26)27/h5-8,10-12,15H,3-4,9H2,1-2H3. The van der Waals surface area contributed by atoms with Crippen molar-refractivity contribution in [3.8, 4) is 23.1 Å². The Morgan fingerprint density at radius 2 is 1.94 bits per heavy atom. The summed E-state index contributed by atoms with van der Waals surface area (Å²) in [5.74, 6) is -0.524. The smallest absolute Gasteiger partial charge is 0.416 e. The van der Waals surface area contributed by atoms with Crippen molar-refractivity contribution in [3.05, 3.63) is 71.3 Å². The summed E-state index contributed by atoms with van der Waals surface area (Å²) in [6.45, 7) is 2.36. The highest BCUT2D eigenvalue weighted by Gasteiger charge is 2.38. The third kappa shape index (κ3) is 3.91. The Labute approximate surface area is 192 Å². The zero-order valence-electron chi connectivity index (χ0n) is 18.3. The number of rotatable bonds is 4. The summed E-state index contributed by atoms with van der Waals surface area (Å²) in [7, 11) is 1.49. The summed E-state index contributed by atoms with van der Waals surface area (Å²) in [6.07, 6.45) is -0.145. The van der Waals surface area contributed by atoms with Gasteiger partial charge in [-0.3, -0.25) is 0 Å². The van der Waals surface area contributed by atoms with E-state index in [0.717, 1.165) is 23.9 Å². The van der Waals surface area contributed by atoms with Crippen molar-refractivity contribution in [2.45, 2.75) is 38.4 Å². The monoisotopic (exact) mass is 472 g/mol. The molecule has 0 spiro atoms. The lowest BCUT2D eigenvalue weighted by atomic mass is 9.87. The van der Waals surface area contributed by atoms with Crippen LogP contribution in [0.5, 0.6) is 5.88 Å². The third-order valence-corrected chi connectivity index (χ3v) is 5.82. The molecule has 1 atom stereocenters. The van der Waals surface area contributed by atoms with Crippen LogP contribution in [0.4, 0.5) is 17.6 Å². The Kier molecular flexibility index (Phi) is 5.34. The molecule has 4 heterocycles. The Bertz CT molecular complexity index is 1360. The maximum Gasteiger partial charge on any atom is 0.416 e. The van der Waals surface area contributed by atoms with Crippen molar-refractivity contribution in [2.24, 2.45) is 0 Å². The summed E-state index contributed by atoms with van der Waals surface area (Å²) in [5, 5.41) is 4.49. The summed E-state index contributed by atoms with van der Waals surface area (Å²) in [6, 6.07) is 6.05. The van der Waals surface area contributed by atoms with Crippen LogP contribution in [-0.2, 0) is 12.7 Å². The molecule has 5 rings (SSSR count). The van der Waals surface area contributed by atoms with Gasteiger partial charge in [-0.2, -0.15) is 13.2 Å². The minimum absolute atomic E-state index is 0.135. The van der Waals surface area contributed by atoms with Crippen LogP contribution in [0.15, 0.2) is 42.9 Å². The largest absolute Gasteiger partial charge is 0.479 e. The van der Waals surface area contributed by atoms with Crippen LogP contribution in [0.2, 0.25) is 0 Å². The van der Waals surface area contributed by atoms with Crippen LogP contribution in [-0.4, -0.2) is 36.4 Å². The van der Waals surface area contributed by atoms with Crippen molar-refractivity contribution in [3.63, 3.8) is 0 Å². The van der Waals surface area contributed by atoms with Gasteiger partial charge in [-0.05, 0) is 55.7 Å². The van der Waals surface area contributed by atoms with Gasteiger partial charge in [-0.15, -0.1) is 5.10 Å². The highest BCUT2D eigenvalue weighted by Crippen LogP contribution is 2.41. The average Bonchev–Trinajstić information content (AvgIpc) is 3.43. The number of ether oxygens (including phenoxy) is 1. The first-order valence-electron chi connectivity index (χ1n) is 10.6. The molecular weight excluding hydrogens is 452 g/mol. The number of nitrogens with zero attached hydrogens (tertiary/aromatic N) is 6. The van der Waals surface area contributed by atoms with Crippen molar-refractivity contribution < 1.29 is 22.3 Å². The van der Waals surface area contributed by atoms with E-state index in [1.54, 1.807) is 27.7 Å². The maximum absolute atomic E-state index is 14.0. The lowest BCUT2D eigenvalue weighted by molar-refractivity contribution is -0.138. The molecule has 0 fully saturated rings. The van der Waals surface area contributed by atoms with Gasteiger partial charge in [0.1, 0.15) is 23.0 Å². The number of hydrogen-bond donors (Lipinski definition) is 0. The van der Waals surface area contributed by atoms with Crippen LogP contribution >= 0.6 is 0 Å². The van der Waals surface area contributed by atoms with Gasteiger partial charge in [0.15, 0.2) is 5.82 Å². The van der Waals surface area contributed by atoms with Crippen LogP contribution in [0.3, 0.4) is 0 Å². The lowest BCUT2D eigenvalue weighted by Crippen LogP contribution is -2.21. The van der Waals surface area contributed by atoms with Gasteiger partial charge in [0.05, 0.1) is 24.7 Å². The minimum atomic E-state index is -4.61. The molecule has 0 radical (unpaired) electrons. The Hall–Kier alpha value is -3.76. The Morgan fingerprint density at radius 1 is 1.12 bits per heavy atom. The number of halogens is 4. The van der Waals surface area contributed by atoms with Gasteiger partial charge in [0.25, 0.3) is 0 Å². The number of benzene rings is 1. The van der Waals surface area contributed by atoms with E-state index < -0.39 is 23.5 Å². The van der Waals surface area contributed by atoms with Crippen molar-refractivity contribution in [1.29, 1.82) is 0 Å². The molecule has 34 heavy (non-hydrogen) atoms. The van der Waals surface area contributed by atoms with Crippen LogP contribution in [0.25, 0.3) is 17.2 Å². The first-order chi connectivity index (χ1) is 16.2.